The molecule has 1 aromatic heterocycles. The number of nitrogen functional groups attached to an aromatic ring is 1. The third-order valence-electron chi connectivity index (χ3n) is 2.23. The maximum atomic E-state index is 5.54. The van der Waals surface area contributed by atoms with Crippen LogP contribution in [-0.2, 0) is 4.74 Å². The minimum atomic E-state index is 0.555. The second kappa shape index (κ2) is 6.24. The molecule has 0 unspecified atom stereocenters. The van der Waals surface area contributed by atoms with Crippen molar-refractivity contribution in [3.8, 4) is 0 Å². The number of anilines is 2. The average Bonchev–Trinajstić information content (AvgIpc) is 2.26. The van der Waals surface area contributed by atoms with E-state index in [1.54, 1.807) is 6.20 Å². The summed E-state index contributed by atoms with van der Waals surface area (Å²) < 4.78 is 5.32. The fraction of sp³-hybridized carbons (Fsp3) is 0.545. The van der Waals surface area contributed by atoms with Crippen LogP contribution in [0, 0.1) is 0 Å². The zero-order valence-corrected chi connectivity index (χ0v) is 9.44. The largest absolute Gasteiger partial charge is 0.384 e. The highest BCUT2D eigenvalue weighted by atomic mass is 16.5. The van der Waals surface area contributed by atoms with Crippen LogP contribution in [0.15, 0.2) is 18.3 Å². The summed E-state index contributed by atoms with van der Waals surface area (Å²) in [5.74, 6) is 0.555. The summed E-state index contributed by atoms with van der Waals surface area (Å²) in [6.45, 7) is 7.45. The van der Waals surface area contributed by atoms with E-state index in [2.05, 4.69) is 16.8 Å². The molecule has 0 aromatic carbocycles. The molecule has 84 valence electrons. The van der Waals surface area contributed by atoms with Gasteiger partial charge in [0.05, 0.1) is 18.5 Å². The molecule has 0 atom stereocenters. The molecular weight excluding hydrogens is 190 g/mol. The number of hydrogen-bond acceptors (Lipinski definition) is 4. The Kier molecular flexibility index (Phi) is 4.90. The van der Waals surface area contributed by atoms with Crippen LogP contribution in [0.1, 0.15) is 13.8 Å². The van der Waals surface area contributed by atoms with Gasteiger partial charge in [-0.15, -0.1) is 0 Å². The minimum Gasteiger partial charge on any atom is -0.384 e. The van der Waals surface area contributed by atoms with Crippen LogP contribution in [0.5, 0.6) is 0 Å². The van der Waals surface area contributed by atoms with Gasteiger partial charge in [0.25, 0.3) is 0 Å². The Morgan fingerprint density at radius 3 is 2.73 bits per heavy atom. The van der Waals surface area contributed by atoms with Crippen LogP contribution < -0.4 is 10.6 Å². The molecule has 1 heterocycles. The van der Waals surface area contributed by atoms with E-state index in [0.29, 0.717) is 5.82 Å². The smallest absolute Gasteiger partial charge is 0.123 e. The Balaban J connectivity index is 2.53. The SMILES string of the molecule is CCOCCN(CC)c1ccc(N)nc1. The van der Waals surface area contributed by atoms with Crippen LogP contribution in [0.3, 0.4) is 0 Å². The van der Waals surface area contributed by atoms with Gasteiger partial charge in [0.15, 0.2) is 0 Å². The third-order valence-corrected chi connectivity index (χ3v) is 2.23. The highest BCUT2D eigenvalue weighted by Crippen LogP contribution is 2.12. The van der Waals surface area contributed by atoms with Crippen molar-refractivity contribution >= 4 is 11.5 Å². The first-order valence-electron chi connectivity index (χ1n) is 5.32. The number of nitrogens with zero attached hydrogens (tertiary/aromatic N) is 2. The molecule has 0 amide bonds. The van der Waals surface area contributed by atoms with E-state index >= 15 is 0 Å². The number of ether oxygens (including phenoxy) is 1. The number of pyridine rings is 1. The Morgan fingerprint density at radius 1 is 1.40 bits per heavy atom. The molecule has 4 nitrogen and oxygen atoms in total. The topological polar surface area (TPSA) is 51.4 Å². The second-order valence-electron chi connectivity index (χ2n) is 3.22. The summed E-state index contributed by atoms with van der Waals surface area (Å²) in [6, 6.07) is 3.80. The lowest BCUT2D eigenvalue weighted by molar-refractivity contribution is 0.154. The predicted molar refractivity (Wildman–Crippen MR) is 63.0 cm³/mol. The van der Waals surface area contributed by atoms with Crippen molar-refractivity contribution < 1.29 is 4.74 Å². The summed E-state index contributed by atoms with van der Waals surface area (Å²) >= 11 is 0. The van der Waals surface area contributed by atoms with Crippen molar-refractivity contribution in [2.45, 2.75) is 13.8 Å². The zero-order valence-electron chi connectivity index (χ0n) is 9.44. The van der Waals surface area contributed by atoms with Gasteiger partial charge in [-0.2, -0.15) is 0 Å². The first-order valence-corrected chi connectivity index (χ1v) is 5.32. The molecule has 1 rings (SSSR count). The summed E-state index contributed by atoms with van der Waals surface area (Å²) in [6.07, 6.45) is 1.80. The monoisotopic (exact) mass is 209 g/mol. The fourth-order valence-corrected chi connectivity index (χ4v) is 1.37. The van der Waals surface area contributed by atoms with E-state index < -0.39 is 0 Å². The first-order chi connectivity index (χ1) is 7.27. The van der Waals surface area contributed by atoms with Crippen molar-refractivity contribution in [3.05, 3.63) is 18.3 Å². The molecule has 0 aliphatic carbocycles. The molecule has 0 saturated heterocycles. The van der Waals surface area contributed by atoms with Gasteiger partial charge in [0, 0.05) is 19.7 Å². The molecule has 0 saturated carbocycles. The summed E-state index contributed by atoms with van der Waals surface area (Å²) in [7, 11) is 0. The second-order valence-corrected chi connectivity index (χ2v) is 3.22. The Labute approximate surface area is 91.1 Å². The molecule has 2 N–H and O–H groups in total. The summed E-state index contributed by atoms with van der Waals surface area (Å²) in [4.78, 5) is 6.28. The molecule has 15 heavy (non-hydrogen) atoms. The summed E-state index contributed by atoms with van der Waals surface area (Å²) in [5, 5.41) is 0. The van der Waals surface area contributed by atoms with Crippen molar-refractivity contribution in [3.63, 3.8) is 0 Å². The fourth-order valence-electron chi connectivity index (χ4n) is 1.37. The molecule has 0 bridgehead atoms. The normalized spacial score (nSPS) is 10.3. The third kappa shape index (κ3) is 3.75. The number of hydrogen-bond donors (Lipinski definition) is 1. The lowest BCUT2D eigenvalue weighted by Gasteiger charge is -2.22. The van der Waals surface area contributed by atoms with Crippen LogP contribution in [0.25, 0.3) is 0 Å². The van der Waals surface area contributed by atoms with Crippen LogP contribution in [0.4, 0.5) is 11.5 Å². The maximum Gasteiger partial charge on any atom is 0.123 e. The zero-order chi connectivity index (χ0) is 11.1. The van der Waals surface area contributed by atoms with E-state index in [9.17, 15) is 0 Å². The molecule has 0 radical (unpaired) electrons. The molecule has 0 aliphatic heterocycles. The molecule has 4 heteroatoms. The average molecular weight is 209 g/mol. The van der Waals surface area contributed by atoms with E-state index in [-0.39, 0.29) is 0 Å². The van der Waals surface area contributed by atoms with E-state index in [1.165, 1.54) is 0 Å². The Morgan fingerprint density at radius 2 is 2.20 bits per heavy atom. The molecule has 0 aliphatic rings. The highest BCUT2D eigenvalue weighted by molar-refractivity contribution is 5.47. The van der Waals surface area contributed by atoms with Crippen LogP contribution >= 0.6 is 0 Å². The van der Waals surface area contributed by atoms with Gasteiger partial charge in [-0.25, -0.2) is 4.98 Å². The van der Waals surface area contributed by atoms with Crippen molar-refractivity contribution in [2.75, 3.05) is 36.9 Å². The standard InChI is InChI=1S/C11H19N3O/c1-3-14(7-8-15-4-2)10-5-6-11(12)13-9-10/h5-6,9H,3-4,7-8H2,1-2H3,(H2,12,13). The van der Waals surface area contributed by atoms with Gasteiger partial charge in [0.1, 0.15) is 5.82 Å². The molecule has 0 spiro atoms. The van der Waals surface area contributed by atoms with Gasteiger partial charge in [0.2, 0.25) is 0 Å². The molecular formula is C11H19N3O. The highest BCUT2D eigenvalue weighted by Gasteiger charge is 2.03. The number of aromatic nitrogens is 1. The maximum absolute atomic E-state index is 5.54. The van der Waals surface area contributed by atoms with Gasteiger partial charge >= 0.3 is 0 Å². The van der Waals surface area contributed by atoms with Crippen LogP contribution in [-0.4, -0.2) is 31.3 Å². The molecule has 1 aromatic rings. The Bertz CT molecular complexity index is 274. The lowest BCUT2D eigenvalue weighted by atomic mass is 10.3. The van der Waals surface area contributed by atoms with Gasteiger partial charge in [-0.1, -0.05) is 0 Å². The van der Waals surface area contributed by atoms with E-state index in [1.807, 2.05) is 19.1 Å². The van der Waals surface area contributed by atoms with Gasteiger partial charge in [-0.3, -0.25) is 0 Å². The van der Waals surface area contributed by atoms with E-state index in [4.69, 9.17) is 10.5 Å². The number of likely N-dealkylation sites (N-methyl/N-ethyl adjacent to an activating group) is 1. The van der Waals surface area contributed by atoms with Crippen molar-refractivity contribution in [2.24, 2.45) is 0 Å². The van der Waals surface area contributed by atoms with Gasteiger partial charge < -0.3 is 15.4 Å². The van der Waals surface area contributed by atoms with Crippen LogP contribution in [0.2, 0.25) is 0 Å². The number of rotatable bonds is 6. The molecule has 0 fully saturated rings. The predicted octanol–water partition coefficient (Wildman–Crippen LogP) is 1.53. The van der Waals surface area contributed by atoms with Crippen molar-refractivity contribution in [1.82, 2.24) is 4.98 Å². The van der Waals surface area contributed by atoms with E-state index in [0.717, 1.165) is 32.0 Å². The minimum absolute atomic E-state index is 0.555. The quantitative estimate of drug-likeness (QED) is 0.722. The lowest BCUT2D eigenvalue weighted by Crippen LogP contribution is -2.27. The van der Waals surface area contributed by atoms with Crippen molar-refractivity contribution in [1.29, 1.82) is 0 Å². The number of nitrogens with two attached hydrogens (primary N) is 1. The summed E-state index contributed by atoms with van der Waals surface area (Å²) in [5.41, 5.74) is 6.62. The first kappa shape index (κ1) is 11.8. The van der Waals surface area contributed by atoms with Gasteiger partial charge in [-0.05, 0) is 26.0 Å². The Hall–Kier alpha value is -1.29.